The molecule has 2 heterocycles. The zero-order chi connectivity index (χ0) is 12.3. The molecule has 5 heteroatoms. The highest BCUT2D eigenvalue weighted by Crippen LogP contribution is 2.22. The molecule has 17 heavy (non-hydrogen) atoms. The first-order valence-corrected chi connectivity index (χ1v) is 5.61. The van der Waals surface area contributed by atoms with E-state index in [1.165, 1.54) is 0 Å². The molecule has 88 valence electrons. The van der Waals surface area contributed by atoms with Gasteiger partial charge >= 0.3 is 0 Å². The summed E-state index contributed by atoms with van der Waals surface area (Å²) >= 11 is 0. The summed E-state index contributed by atoms with van der Waals surface area (Å²) < 4.78 is 0. The van der Waals surface area contributed by atoms with Crippen molar-refractivity contribution < 1.29 is 4.79 Å². The van der Waals surface area contributed by atoms with Gasteiger partial charge in [0.2, 0.25) is 5.91 Å². The number of piperidine rings is 1. The third kappa shape index (κ3) is 2.53. The summed E-state index contributed by atoms with van der Waals surface area (Å²) in [5.41, 5.74) is 6.69. The second kappa shape index (κ2) is 4.83. The van der Waals surface area contributed by atoms with Crippen LogP contribution in [-0.4, -0.2) is 24.0 Å². The maximum Gasteiger partial charge on any atom is 0.220 e. The largest absolute Gasteiger partial charge is 0.371 e. The highest BCUT2D eigenvalue weighted by Gasteiger charge is 2.23. The SMILES string of the molecule is N#Cc1cc(N2CCC(C(N)=O)CC2)ccn1. The van der Waals surface area contributed by atoms with Gasteiger partial charge in [0.15, 0.2) is 0 Å². The second-order valence-electron chi connectivity index (χ2n) is 4.17. The van der Waals surface area contributed by atoms with E-state index in [0.717, 1.165) is 31.6 Å². The lowest BCUT2D eigenvalue weighted by Crippen LogP contribution is -2.38. The molecule has 1 aliphatic heterocycles. The summed E-state index contributed by atoms with van der Waals surface area (Å²) in [5, 5.41) is 8.78. The Hall–Kier alpha value is -2.09. The Labute approximate surface area is 99.9 Å². The number of rotatable bonds is 2. The number of anilines is 1. The van der Waals surface area contributed by atoms with Crippen molar-refractivity contribution in [3.05, 3.63) is 24.0 Å². The summed E-state index contributed by atoms with van der Waals surface area (Å²) in [7, 11) is 0. The van der Waals surface area contributed by atoms with E-state index in [0.29, 0.717) is 5.69 Å². The number of aromatic nitrogens is 1. The van der Waals surface area contributed by atoms with E-state index in [9.17, 15) is 4.79 Å². The zero-order valence-corrected chi connectivity index (χ0v) is 9.47. The summed E-state index contributed by atoms with van der Waals surface area (Å²) in [6, 6.07) is 5.67. The lowest BCUT2D eigenvalue weighted by Gasteiger charge is -2.32. The van der Waals surface area contributed by atoms with Gasteiger partial charge in [0.25, 0.3) is 0 Å². The van der Waals surface area contributed by atoms with Crippen LogP contribution >= 0.6 is 0 Å². The molecule has 5 nitrogen and oxygen atoms in total. The average Bonchev–Trinajstić information content (AvgIpc) is 2.39. The van der Waals surface area contributed by atoms with Crippen molar-refractivity contribution in [3.63, 3.8) is 0 Å². The molecule has 1 saturated heterocycles. The van der Waals surface area contributed by atoms with Crippen molar-refractivity contribution in [2.75, 3.05) is 18.0 Å². The van der Waals surface area contributed by atoms with E-state index < -0.39 is 0 Å². The molecule has 1 aliphatic rings. The number of nitriles is 1. The van der Waals surface area contributed by atoms with Crippen LogP contribution in [0.15, 0.2) is 18.3 Å². The Morgan fingerprint density at radius 3 is 2.82 bits per heavy atom. The Morgan fingerprint density at radius 1 is 1.53 bits per heavy atom. The van der Waals surface area contributed by atoms with Crippen molar-refractivity contribution in [1.29, 1.82) is 5.26 Å². The summed E-state index contributed by atoms with van der Waals surface area (Å²) in [4.78, 5) is 17.1. The molecule has 2 rings (SSSR count). The Kier molecular flexibility index (Phi) is 3.24. The van der Waals surface area contributed by atoms with Gasteiger partial charge in [-0.15, -0.1) is 0 Å². The number of carbonyl (C=O) groups excluding carboxylic acids is 1. The van der Waals surface area contributed by atoms with E-state index in [2.05, 4.69) is 9.88 Å². The minimum absolute atomic E-state index is 0.0106. The van der Waals surface area contributed by atoms with Gasteiger partial charge in [0, 0.05) is 30.9 Å². The topological polar surface area (TPSA) is 83.0 Å². The van der Waals surface area contributed by atoms with Crippen molar-refractivity contribution in [3.8, 4) is 6.07 Å². The maximum absolute atomic E-state index is 11.0. The Balaban J connectivity index is 2.05. The highest BCUT2D eigenvalue weighted by atomic mass is 16.1. The summed E-state index contributed by atoms with van der Waals surface area (Å²) in [5.74, 6) is -0.222. The average molecular weight is 230 g/mol. The number of nitrogens with two attached hydrogens (primary N) is 1. The van der Waals surface area contributed by atoms with Crippen molar-refractivity contribution in [1.82, 2.24) is 4.98 Å². The molecule has 2 N–H and O–H groups in total. The molecule has 0 bridgehead atoms. The first-order valence-electron chi connectivity index (χ1n) is 5.61. The van der Waals surface area contributed by atoms with Gasteiger partial charge in [0.05, 0.1) is 0 Å². The second-order valence-corrected chi connectivity index (χ2v) is 4.17. The van der Waals surface area contributed by atoms with E-state index in [1.54, 1.807) is 12.3 Å². The lowest BCUT2D eigenvalue weighted by atomic mass is 9.96. The zero-order valence-electron chi connectivity index (χ0n) is 9.47. The molecular formula is C12H14N4O. The molecule has 1 aromatic heterocycles. The number of nitrogens with zero attached hydrogens (tertiary/aromatic N) is 3. The first-order chi connectivity index (χ1) is 8.20. The van der Waals surface area contributed by atoms with Gasteiger partial charge in [0.1, 0.15) is 11.8 Å². The van der Waals surface area contributed by atoms with Crippen LogP contribution in [0.5, 0.6) is 0 Å². The molecule has 0 unspecified atom stereocenters. The van der Waals surface area contributed by atoms with Gasteiger partial charge in [-0.25, -0.2) is 4.98 Å². The van der Waals surface area contributed by atoms with Gasteiger partial charge in [-0.05, 0) is 25.0 Å². The van der Waals surface area contributed by atoms with Crippen LogP contribution in [0.2, 0.25) is 0 Å². The normalized spacial score (nSPS) is 16.5. The van der Waals surface area contributed by atoms with Crippen LogP contribution in [0.1, 0.15) is 18.5 Å². The Bertz CT molecular complexity index is 458. The number of hydrogen-bond acceptors (Lipinski definition) is 4. The molecule has 0 atom stereocenters. The Morgan fingerprint density at radius 2 is 2.24 bits per heavy atom. The molecule has 0 radical (unpaired) electrons. The first kappa shape index (κ1) is 11.4. The molecule has 0 spiro atoms. The van der Waals surface area contributed by atoms with Crippen molar-refractivity contribution in [2.24, 2.45) is 11.7 Å². The van der Waals surface area contributed by atoms with Crippen LogP contribution in [-0.2, 0) is 4.79 Å². The maximum atomic E-state index is 11.0. The summed E-state index contributed by atoms with van der Waals surface area (Å²) in [6.07, 6.45) is 3.19. The number of primary amides is 1. The van der Waals surface area contributed by atoms with Crippen LogP contribution in [0.25, 0.3) is 0 Å². The third-order valence-corrected chi connectivity index (χ3v) is 3.12. The highest BCUT2D eigenvalue weighted by molar-refractivity contribution is 5.77. The van der Waals surface area contributed by atoms with Crippen LogP contribution in [0, 0.1) is 17.2 Å². The van der Waals surface area contributed by atoms with Gasteiger partial charge in [-0.2, -0.15) is 5.26 Å². The third-order valence-electron chi connectivity index (χ3n) is 3.12. The lowest BCUT2D eigenvalue weighted by molar-refractivity contribution is -0.122. The molecule has 1 aromatic rings. The predicted octanol–water partition coefficient (Wildman–Crippen LogP) is 0.655. The molecule has 0 saturated carbocycles. The minimum atomic E-state index is -0.211. The van der Waals surface area contributed by atoms with Crippen LogP contribution in [0.3, 0.4) is 0 Å². The van der Waals surface area contributed by atoms with Crippen LogP contribution in [0.4, 0.5) is 5.69 Å². The fourth-order valence-electron chi connectivity index (χ4n) is 2.10. The van der Waals surface area contributed by atoms with E-state index in [4.69, 9.17) is 11.0 Å². The van der Waals surface area contributed by atoms with E-state index >= 15 is 0 Å². The fourth-order valence-corrected chi connectivity index (χ4v) is 2.10. The molecular weight excluding hydrogens is 216 g/mol. The standard InChI is InChI=1S/C12H14N4O/c13-8-10-7-11(1-4-15-10)16-5-2-9(3-6-16)12(14)17/h1,4,7,9H,2-3,5-6H2,(H2,14,17). The predicted molar refractivity (Wildman–Crippen MR) is 63.1 cm³/mol. The number of pyridine rings is 1. The van der Waals surface area contributed by atoms with Gasteiger partial charge in [-0.1, -0.05) is 0 Å². The number of amides is 1. The molecule has 1 fully saturated rings. The molecule has 1 amide bonds. The quantitative estimate of drug-likeness (QED) is 0.808. The number of hydrogen-bond donors (Lipinski definition) is 1. The van der Waals surface area contributed by atoms with Crippen molar-refractivity contribution in [2.45, 2.75) is 12.8 Å². The van der Waals surface area contributed by atoms with Gasteiger partial charge in [-0.3, -0.25) is 4.79 Å². The van der Waals surface area contributed by atoms with Gasteiger partial charge < -0.3 is 10.6 Å². The van der Waals surface area contributed by atoms with E-state index in [1.807, 2.05) is 12.1 Å². The van der Waals surface area contributed by atoms with Crippen LogP contribution < -0.4 is 10.6 Å². The molecule has 0 aliphatic carbocycles. The smallest absolute Gasteiger partial charge is 0.220 e. The monoisotopic (exact) mass is 230 g/mol. The fraction of sp³-hybridized carbons (Fsp3) is 0.417. The van der Waals surface area contributed by atoms with Crippen molar-refractivity contribution >= 4 is 11.6 Å². The molecule has 0 aromatic carbocycles. The minimum Gasteiger partial charge on any atom is -0.371 e. The van der Waals surface area contributed by atoms with E-state index in [-0.39, 0.29) is 11.8 Å². The number of carbonyl (C=O) groups is 1. The summed E-state index contributed by atoms with van der Waals surface area (Å²) in [6.45, 7) is 1.59.